The number of hydrogen-bond acceptors (Lipinski definition) is 4. The molecule has 0 aliphatic heterocycles. The van der Waals surface area contributed by atoms with Crippen LogP contribution in [0, 0.1) is 0 Å². The van der Waals surface area contributed by atoms with Crippen LogP contribution in [0.3, 0.4) is 0 Å². The van der Waals surface area contributed by atoms with Crippen LogP contribution in [-0.2, 0) is 6.61 Å². The molecule has 134 valence electrons. The molecule has 4 aromatic rings. The Hall–Kier alpha value is -3.73. The second kappa shape index (κ2) is 7.25. The standard InChI is InChI=1S/C22H17NO4/c24-22(25)21-13-12-18(27-21)14-26-17-10-8-16(9-11-17)23-20-7-3-5-15-4-1-2-6-19(15)20/h1-13,23H,14H2,(H,24,25). The first kappa shape index (κ1) is 16.7. The molecule has 0 aliphatic carbocycles. The fourth-order valence-electron chi connectivity index (χ4n) is 2.85. The molecular formula is C22H17NO4. The highest BCUT2D eigenvalue weighted by Crippen LogP contribution is 2.27. The van der Waals surface area contributed by atoms with Gasteiger partial charge in [0, 0.05) is 16.8 Å². The summed E-state index contributed by atoms with van der Waals surface area (Å²) < 4.78 is 10.8. The third kappa shape index (κ3) is 3.77. The van der Waals surface area contributed by atoms with Gasteiger partial charge in [0.05, 0.1) is 0 Å². The van der Waals surface area contributed by atoms with E-state index in [0.29, 0.717) is 11.5 Å². The van der Waals surface area contributed by atoms with Gasteiger partial charge in [0.15, 0.2) is 0 Å². The lowest BCUT2D eigenvalue weighted by molar-refractivity contribution is 0.0658. The molecule has 4 rings (SSSR count). The van der Waals surface area contributed by atoms with Gasteiger partial charge in [0.25, 0.3) is 0 Å². The van der Waals surface area contributed by atoms with E-state index < -0.39 is 5.97 Å². The Balaban J connectivity index is 1.43. The average Bonchev–Trinajstić information content (AvgIpc) is 3.17. The lowest BCUT2D eigenvalue weighted by Crippen LogP contribution is -1.96. The van der Waals surface area contributed by atoms with Crippen molar-refractivity contribution in [2.45, 2.75) is 6.61 Å². The Bertz CT molecular complexity index is 1080. The molecule has 0 atom stereocenters. The molecule has 0 spiro atoms. The average molecular weight is 359 g/mol. The highest BCUT2D eigenvalue weighted by molar-refractivity contribution is 5.95. The molecule has 0 fully saturated rings. The molecular weight excluding hydrogens is 342 g/mol. The van der Waals surface area contributed by atoms with Gasteiger partial charge in [-0.15, -0.1) is 0 Å². The summed E-state index contributed by atoms with van der Waals surface area (Å²) in [6.07, 6.45) is 0. The fourth-order valence-corrected chi connectivity index (χ4v) is 2.85. The fraction of sp³-hybridized carbons (Fsp3) is 0.0455. The molecule has 27 heavy (non-hydrogen) atoms. The molecule has 5 nitrogen and oxygen atoms in total. The van der Waals surface area contributed by atoms with Crippen molar-refractivity contribution >= 4 is 28.1 Å². The number of nitrogens with one attached hydrogen (secondary N) is 1. The number of hydrogen-bond donors (Lipinski definition) is 2. The number of benzene rings is 3. The number of rotatable bonds is 6. The summed E-state index contributed by atoms with van der Waals surface area (Å²) in [6.45, 7) is 0.170. The summed E-state index contributed by atoms with van der Waals surface area (Å²) in [6, 6.07) is 25.0. The number of carbonyl (C=O) groups is 1. The van der Waals surface area contributed by atoms with Crippen LogP contribution in [0.4, 0.5) is 11.4 Å². The van der Waals surface area contributed by atoms with Crippen molar-refractivity contribution in [1.82, 2.24) is 0 Å². The second-order valence-electron chi connectivity index (χ2n) is 6.04. The topological polar surface area (TPSA) is 71.7 Å². The van der Waals surface area contributed by atoms with Crippen LogP contribution in [-0.4, -0.2) is 11.1 Å². The zero-order valence-electron chi connectivity index (χ0n) is 14.4. The Kier molecular flexibility index (Phi) is 4.49. The van der Waals surface area contributed by atoms with E-state index >= 15 is 0 Å². The molecule has 1 aromatic heterocycles. The Labute approximate surface area is 155 Å². The van der Waals surface area contributed by atoms with Gasteiger partial charge in [-0.25, -0.2) is 4.79 Å². The highest BCUT2D eigenvalue weighted by Gasteiger charge is 2.09. The van der Waals surface area contributed by atoms with Crippen molar-refractivity contribution < 1.29 is 19.1 Å². The number of furan rings is 1. The van der Waals surface area contributed by atoms with Crippen LogP contribution >= 0.6 is 0 Å². The molecule has 0 amide bonds. The maximum Gasteiger partial charge on any atom is 0.371 e. The van der Waals surface area contributed by atoms with Gasteiger partial charge in [-0.3, -0.25) is 0 Å². The van der Waals surface area contributed by atoms with Gasteiger partial charge in [0.1, 0.15) is 18.1 Å². The Morgan fingerprint density at radius 2 is 1.70 bits per heavy atom. The Morgan fingerprint density at radius 1 is 0.926 bits per heavy atom. The summed E-state index contributed by atoms with van der Waals surface area (Å²) in [7, 11) is 0. The molecule has 0 bridgehead atoms. The molecule has 1 heterocycles. The smallest absolute Gasteiger partial charge is 0.371 e. The van der Waals surface area contributed by atoms with E-state index in [1.54, 1.807) is 6.07 Å². The summed E-state index contributed by atoms with van der Waals surface area (Å²) in [4.78, 5) is 10.8. The van der Waals surface area contributed by atoms with Gasteiger partial charge < -0.3 is 19.6 Å². The SMILES string of the molecule is O=C(O)c1ccc(COc2ccc(Nc3cccc4ccccc34)cc2)o1. The van der Waals surface area contributed by atoms with E-state index in [-0.39, 0.29) is 12.4 Å². The Morgan fingerprint density at radius 3 is 2.48 bits per heavy atom. The minimum absolute atomic E-state index is 0.0942. The molecule has 0 saturated heterocycles. The number of fused-ring (bicyclic) bond motifs is 1. The van der Waals surface area contributed by atoms with Gasteiger partial charge in [0.2, 0.25) is 5.76 Å². The number of carboxylic acid groups (broad SMARTS) is 1. The quantitative estimate of drug-likeness (QED) is 0.479. The summed E-state index contributed by atoms with van der Waals surface area (Å²) in [5.74, 6) is -0.0505. The third-order valence-electron chi connectivity index (χ3n) is 4.18. The van der Waals surface area contributed by atoms with Crippen LogP contribution in [0.1, 0.15) is 16.3 Å². The third-order valence-corrected chi connectivity index (χ3v) is 4.18. The number of ether oxygens (including phenoxy) is 1. The first-order valence-electron chi connectivity index (χ1n) is 8.49. The summed E-state index contributed by atoms with van der Waals surface area (Å²) >= 11 is 0. The minimum Gasteiger partial charge on any atom is -0.486 e. The number of anilines is 2. The summed E-state index contributed by atoms with van der Waals surface area (Å²) in [5, 5.41) is 14.6. The highest BCUT2D eigenvalue weighted by atomic mass is 16.5. The van der Waals surface area contributed by atoms with Crippen LogP contribution in [0.2, 0.25) is 0 Å². The van der Waals surface area contributed by atoms with Gasteiger partial charge in [-0.1, -0.05) is 36.4 Å². The van der Waals surface area contributed by atoms with Crippen molar-refractivity contribution in [2.75, 3.05) is 5.32 Å². The zero-order chi connectivity index (χ0) is 18.6. The lowest BCUT2D eigenvalue weighted by atomic mass is 10.1. The van der Waals surface area contributed by atoms with Crippen LogP contribution in [0.15, 0.2) is 83.3 Å². The van der Waals surface area contributed by atoms with E-state index in [2.05, 4.69) is 23.5 Å². The largest absolute Gasteiger partial charge is 0.486 e. The number of aromatic carboxylic acids is 1. The first-order valence-corrected chi connectivity index (χ1v) is 8.49. The zero-order valence-corrected chi connectivity index (χ0v) is 14.4. The molecule has 0 saturated carbocycles. The molecule has 0 radical (unpaired) electrons. The van der Waals surface area contributed by atoms with Crippen LogP contribution < -0.4 is 10.1 Å². The van der Waals surface area contributed by atoms with E-state index in [1.807, 2.05) is 48.5 Å². The van der Waals surface area contributed by atoms with Crippen molar-refractivity contribution in [1.29, 1.82) is 0 Å². The van der Waals surface area contributed by atoms with Crippen molar-refractivity contribution in [3.05, 3.63) is 90.4 Å². The van der Waals surface area contributed by atoms with E-state index in [1.165, 1.54) is 11.5 Å². The normalized spacial score (nSPS) is 10.7. The van der Waals surface area contributed by atoms with Crippen molar-refractivity contribution in [3.63, 3.8) is 0 Å². The predicted molar refractivity (Wildman–Crippen MR) is 104 cm³/mol. The first-order chi connectivity index (χ1) is 13.2. The lowest BCUT2D eigenvalue weighted by Gasteiger charge is -2.11. The van der Waals surface area contributed by atoms with Crippen molar-refractivity contribution in [3.8, 4) is 5.75 Å². The van der Waals surface area contributed by atoms with Crippen LogP contribution in [0.25, 0.3) is 10.8 Å². The number of carboxylic acids is 1. The minimum atomic E-state index is -1.09. The van der Waals surface area contributed by atoms with Gasteiger partial charge in [-0.05, 0) is 47.9 Å². The molecule has 0 aliphatic rings. The van der Waals surface area contributed by atoms with E-state index in [4.69, 9.17) is 14.3 Å². The predicted octanol–water partition coefficient (Wildman–Crippen LogP) is 5.45. The molecule has 2 N–H and O–H groups in total. The van der Waals surface area contributed by atoms with Gasteiger partial charge >= 0.3 is 5.97 Å². The monoisotopic (exact) mass is 359 g/mol. The van der Waals surface area contributed by atoms with E-state index in [9.17, 15) is 4.79 Å². The van der Waals surface area contributed by atoms with Crippen LogP contribution in [0.5, 0.6) is 5.75 Å². The second-order valence-corrected chi connectivity index (χ2v) is 6.04. The summed E-state index contributed by atoms with van der Waals surface area (Å²) in [5.41, 5.74) is 1.99. The maximum absolute atomic E-state index is 10.8. The van der Waals surface area contributed by atoms with E-state index in [0.717, 1.165) is 16.8 Å². The molecule has 0 unspecified atom stereocenters. The molecule has 5 heteroatoms. The van der Waals surface area contributed by atoms with Gasteiger partial charge in [-0.2, -0.15) is 0 Å². The van der Waals surface area contributed by atoms with Crippen molar-refractivity contribution in [2.24, 2.45) is 0 Å². The molecule has 3 aromatic carbocycles. The maximum atomic E-state index is 10.8.